The van der Waals surface area contributed by atoms with Crippen molar-refractivity contribution in [1.29, 1.82) is 0 Å². The molecule has 0 saturated heterocycles. The molecule has 0 bridgehead atoms. The van der Waals surface area contributed by atoms with Crippen molar-refractivity contribution in [3.63, 3.8) is 0 Å². The molecule has 0 aliphatic rings. The summed E-state index contributed by atoms with van der Waals surface area (Å²) in [4.78, 5) is 0. The average Bonchev–Trinajstić information content (AvgIpc) is 2.38. The SMILES string of the molecule is CNC(c1ccc(Cl)cc1C)c1cc(C)c(C)cc1Cl. The van der Waals surface area contributed by atoms with Gasteiger partial charge in [0, 0.05) is 10.0 Å². The fraction of sp³-hybridized carbons (Fsp3) is 0.294. The third kappa shape index (κ3) is 3.01. The Morgan fingerprint density at radius 3 is 2.10 bits per heavy atom. The monoisotopic (exact) mass is 307 g/mol. The van der Waals surface area contributed by atoms with Crippen LogP contribution in [0.1, 0.15) is 33.9 Å². The first-order valence-corrected chi connectivity index (χ1v) is 7.39. The van der Waals surface area contributed by atoms with Gasteiger partial charge in [0.05, 0.1) is 6.04 Å². The Kier molecular flexibility index (Phi) is 4.74. The van der Waals surface area contributed by atoms with Crippen LogP contribution < -0.4 is 5.32 Å². The van der Waals surface area contributed by atoms with Crippen molar-refractivity contribution in [2.45, 2.75) is 26.8 Å². The topological polar surface area (TPSA) is 12.0 Å². The van der Waals surface area contributed by atoms with E-state index in [1.165, 1.54) is 16.7 Å². The van der Waals surface area contributed by atoms with Gasteiger partial charge in [0.25, 0.3) is 0 Å². The molecule has 0 saturated carbocycles. The normalized spacial score (nSPS) is 12.5. The van der Waals surface area contributed by atoms with Crippen LogP contribution in [-0.4, -0.2) is 7.05 Å². The molecule has 2 aromatic rings. The van der Waals surface area contributed by atoms with Crippen LogP contribution in [0.2, 0.25) is 10.0 Å². The molecular weight excluding hydrogens is 289 g/mol. The smallest absolute Gasteiger partial charge is 0.0591 e. The van der Waals surface area contributed by atoms with Gasteiger partial charge in [-0.3, -0.25) is 0 Å². The zero-order valence-electron chi connectivity index (χ0n) is 12.2. The highest BCUT2D eigenvalue weighted by molar-refractivity contribution is 6.31. The minimum Gasteiger partial charge on any atom is -0.309 e. The highest BCUT2D eigenvalue weighted by Crippen LogP contribution is 2.32. The van der Waals surface area contributed by atoms with Crippen LogP contribution in [-0.2, 0) is 0 Å². The molecule has 3 heteroatoms. The largest absolute Gasteiger partial charge is 0.309 e. The Hall–Kier alpha value is -1.02. The van der Waals surface area contributed by atoms with Crippen LogP contribution in [0.4, 0.5) is 0 Å². The summed E-state index contributed by atoms with van der Waals surface area (Å²) >= 11 is 12.5. The van der Waals surface area contributed by atoms with E-state index in [4.69, 9.17) is 23.2 Å². The molecule has 1 atom stereocenters. The van der Waals surface area contributed by atoms with Crippen LogP contribution in [0, 0.1) is 20.8 Å². The number of hydrogen-bond donors (Lipinski definition) is 1. The Balaban J connectivity index is 2.55. The Morgan fingerprint density at radius 1 is 0.850 bits per heavy atom. The molecule has 1 N–H and O–H groups in total. The van der Waals surface area contributed by atoms with Crippen LogP contribution in [0.15, 0.2) is 30.3 Å². The lowest BCUT2D eigenvalue weighted by Gasteiger charge is -2.22. The van der Waals surface area contributed by atoms with Gasteiger partial charge >= 0.3 is 0 Å². The fourth-order valence-electron chi connectivity index (χ4n) is 2.47. The zero-order chi connectivity index (χ0) is 14.9. The quantitative estimate of drug-likeness (QED) is 0.819. The minimum absolute atomic E-state index is 0.0686. The summed E-state index contributed by atoms with van der Waals surface area (Å²) in [5.74, 6) is 0. The van der Waals surface area contributed by atoms with Gasteiger partial charge < -0.3 is 5.32 Å². The molecule has 106 valence electrons. The lowest BCUT2D eigenvalue weighted by atomic mass is 9.93. The van der Waals surface area contributed by atoms with Gasteiger partial charge in [-0.05, 0) is 73.8 Å². The summed E-state index contributed by atoms with van der Waals surface area (Å²) in [7, 11) is 1.95. The maximum atomic E-state index is 6.44. The lowest BCUT2D eigenvalue weighted by molar-refractivity contribution is 0.687. The second kappa shape index (κ2) is 6.17. The van der Waals surface area contributed by atoms with E-state index in [9.17, 15) is 0 Å². The van der Waals surface area contributed by atoms with Gasteiger partial charge in [-0.25, -0.2) is 0 Å². The molecule has 0 amide bonds. The van der Waals surface area contributed by atoms with Crippen LogP contribution in [0.3, 0.4) is 0 Å². The molecule has 0 spiro atoms. The highest BCUT2D eigenvalue weighted by atomic mass is 35.5. The molecule has 0 radical (unpaired) electrons. The van der Waals surface area contributed by atoms with Gasteiger partial charge in [-0.1, -0.05) is 35.3 Å². The first-order valence-electron chi connectivity index (χ1n) is 6.64. The number of hydrogen-bond acceptors (Lipinski definition) is 1. The minimum atomic E-state index is 0.0686. The third-order valence-corrected chi connectivity index (χ3v) is 4.32. The van der Waals surface area contributed by atoms with E-state index in [0.29, 0.717) is 0 Å². The van der Waals surface area contributed by atoms with E-state index in [0.717, 1.165) is 21.2 Å². The van der Waals surface area contributed by atoms with Gasteiger partial charge in [0.15, 0.2) is 0 Å². The summed E-state index contributed by atoms with van der Waals surface area (Å²) in [6.45, 7) is 6.25. The fourth-order valence-corrected chi connectivity index (χ4v) is 3.02. The average molecular weight is 308 g/mol. The maximum absolute atomic E-state index is 6.44. The Bertz CT molecular complexity index is 635. The second-order valence-electron chi connectivity index (χ2n) is 5.18. The van der Waals surface area contributed by atoms with Crippen molar-refractivity contribution in [3.8, 4) is 0 Å². The van der Waals surface area contributed by atoms with E-state index >= 15 is 0 Å². The van der Waals surface area contributed by atoms with E-state index in [1.54, 1.807) is 0 Å². The summed E-state index contributed by atoms with van der Waals surface area (Å²) < 4.78 is 0. The standard InChI is InChI=1S/C17H19Cl2N/c1-10-8-15(16(19)9-11(10)2)17(20-4)14-6-5-13(18)7-12(14)3/h5-9,17,20H,1-4H3. The molecule has 0 aromatic heterocycles. The van der Waals surface area contributed by atoms with E-state index in [-0.39, 0.29) is 6.04 Å². The summed E-state index contributed by atoms with van der Waals surface area (Å²) in [6, 6.07) is 10.2. The van der Waals surface area contributed by atoms with Crippen molar-refractivity contribution in [2.75, 3.05) is 7.05 Å². The van der Waals surface area contributed by atoms with Crippen LogP contribution in [0.5, 0.6) is 0 Å². The number of rotatable bonds is 3. The Morgan fingerprint density at radius 2 is 1.50 bits per heavy atom. The molecule has 0 aliphatic heterocycles. The van der Waals surface area contributed by atoms with Crippen molar-refractivity contribution in [3.05, 3.63) is 68.2 Å². The van der Waals surface area contributed by atoms with Crippen LogP contribution >= 0.6 is 23.2 Å². The van der Waals surface area contributed by atoms with Gasteiger partial charge in [0.2, 0.25) is 0 Å². The molecular formula is C17H19Cl2N. The van der Waals surface area contributed by atoms with E-state index in [1.807, 2.05) is 25.2 Å². The molecule has 1 nitrogen and oxygen atoms in total. The van der Waals surface area contributed by atoms with Crippen molar-refractivity contribution in [2.24, 2.45) is 0 Å². The first kappa shape index (κ1) is 15.4. The molecule has 2 aromatic carbocycles. The molecule has 0 heterocycles. The van der Waals surface area contributed by atoms with Crippen LogP contribution in [0.25, 0.3) is 0 Å². The lowest BCUT2D eigenvalue weighted by Crippen LogP contribution is -2.19. The summed E-state index contributed by atoms with van der Waals surface area (Å²) in [5.41, 5.74) is 5.91. The molecule has 20 heavy (non-hydrogen) atoms. The number of benzene rings is 2. The predicted molar refractivity (Wildman–Crippen MR) is 88.0 cm³/mol. The highest BCUT2D eigenvalue weighted by Gasteiger charge is 2.18. The molecule has 1 unspecified atom stereocenters. The summed E-state index contributed by atoms with van der Waals surface area (Å²) in [6.07, 6.45) is 0. The van der Waals surface area contributed by atoms with Gasteiger partial charge in [-0.2, -0.15) is 0 Å². The van der Waals surface area contributed by atoms with E-state index in [2.05, 4.69) is 38.2 Å². The zero-order valence-corrected chi connectivity index (χ0v) is 13.7. The van der Waals surface area contributed by atoms with Crippen molar-refractivity contribution < 1.29 is 0 Å². The predicted octanol–water partition coefficient (Wildman–Crippen LogP) is 5.23. The second-order valence-corrected chi connectivity index (χ2v) is 6.02. The third-order valence-electron chi connectivity index (χ3n) is 3.76. The molecule has 2 rings (SSSR count). The van der Waals surface area contributed by atoms with Crippen molar-refractivity contribution >= 4 is 23.2 Å². The summed E-state index contributed by atoms with van der Waals surface area (Å²) in [5, 5.41) is 4.90. The maximum Gasteiger partial charge on any atom is 0.0591 e. The number of aryl methyl sites for hydroxylation is 3. The van der Waals surface area contributed by atoms with Gasteiger partial charge in [-0.15, -0.1) is 0 Å². The number of nitrogens with one attached hydrogen (secondary N) is 1. The van der Waals surface area contributed by atoms with Gasteiger partial charge in [0.1, 0.15) is 0 Å². The van der Waals surface area contributed by atoms with Crippen molar-refractivity contribution in [1.82, 2.24) is 5.32 Å². The molecule has 0 fully saturated rings. The Labute approximate surface area is 130 Å². The number of halogens is 2. The first-order chi connectivity index (χ1) is 9.43. The van der Waals surface area contributed by atoms with E-state index < -0.39 is 0 Å². The molecule has 0 aliphatic carbocycles.